The maximum Gasteiger partial charge on any atom is 0.261 e. The van der Waals surface area contributed by atoms with Crippen LogP contribution in [0.15, 0.2) is 24.3 Å². The lowest BCUT2D eigenvalue weighted by Crippen LogP contribution is -2.40. The Hall–Kier alpha value is -1.97. The second-order valence-corrected chi connectivity index (χ2v) is 5.17. The predicted octanol–water partition coefficient (Wildman–Crippen LogP) is 2.18. The van der Waals surface area contributed by atoms with Crippen LogP contribution in [0.25, 0.3) is 0 Å². The lowest BCUT2D eigenvalue weighted by atomic mass is 10.1. The quantitative estimate of drug-likeness (QED) is 0.572. The van der Waals surface area contributed by atoms with E-state index in [0.29, 0.717) is 24.0 Å². The Bertz CT molecular complexity index is 529. The second kappa shape index (κ2) is 4.61. The highest BCUT2D eigenvalue weighted by Crippen LogP contribution is 2.29. The minimum absolute atomic E-state index is 0.152. The van der Waals surface area contributed by atoms with Gasteiger partial charge in [0.15, 0.2) is 0 Å². The standard InChI is InChI=1S/C15H15NO3/c17-11-6-2-1-5-10(9-11)16-14(18)12-7-3-4-8-13(12)15(16)19/h3-4,7-8,10H,1-2,5-6,9H2/t10-/m1/s1. The van der Waals surface area contributed by atoms with Gasteiger partial charge in [0.05, 0.1) is 11.1 Å². The number of fused-ring (bicyclic) bond motifs is 1. The molecule has 0 unspecified atom stereocenters. The fourth-order valence-electron chi connectivity index (χ4n) is 2.93. The molecule has 4 heteroatoms. The summed E-state index contributed by atoms with van der Waals surface area (Å²) < 4.78 is 0. The van der Waals surface area contributed by atoms with E-state index in [1.54, 1.807) is 24.3 Å². The lowest BCUT2D eigenvalue weighted by molar-refractivity contribution is -0.119. The van der Waals surface area contributed by atoms with E-state index in [1.165, 1.54) is 4.90 Å². The van der Waals surface area contributed by atoms with E-state index in [9.17, 15) is 14.4 Å². The van der Waals surface area contributed by atoms with Gasteiger partial charge in [0.2, 0.25) is 0 Å². The van der Waals surface area contributed by atoms with Gasteiger partial charge in [0, 0.05) is 18.9 Å². The highest BCUT2D eigenvalue weighted by atomic mass is 16.2. The van der Waals surface area contributed by atoms with Crippen molar-refractivity contribution in [2.45, 2.75) is 38.1 Å². The highest BCUT2D eigenvalue weighted by molar-refractivity contribution is 6.21. The van der Waals surface area contributed by atoms with Gasteiger partial charge in [-0.05, 0) is 25.0 Å². The first-order chi connectivity index (χ1) is 9.18. The number of carbonyl (C=O) groups is 3. The molecule has 2 amide bonds. The Morgan fingerprint density at radius 2 is 1.58 bits per heavy atom. The molecule has 0 radical (unpaired) electrons. The number of ketones is 1. The molecule has 1 saturated carbocycles. The first-order valence-electron chi connectivity index (χ1n) is 6.67. The minimum atomic E-state index is -0.262. The van der Waals surface area contributed by atoms with Gasteiger partial charge in [-0.1, -0.05) is 18.6 Å². The largest absolute Gasteiger partial charge is 0.300 e. The summed E-state index contributed by atoms with van der Waals surface area (Å²) >= 11 is 0. The number of amides is 2. The Morgan fingerprint density at radius 3 is 2.21 bits per heavy atom. The maximum absolute atomic E-state index is 12.3. The summed E-state index contributed by atoms with van der Waals surface area (Å²) in [6.07, 6.45) is 3.37. The van der Waals surface area contributed by atoms with Crippen molar-refractivity contribution in [2.75, 3.05) is 0 Å². The van der Waals surface area contributed by atoms with Crippen LogP contribution in [-0.2, 0) is 4.79 Å². The number of imide groups is 1. The Labute approximate surface area is 111 Å². The van der Waals surface area contributed by atoms with Gasteiger partial charge in [-0.25, -0.2) is 0 Å². The minimum Gasteiger partial charge on any atom is -0.300 e. The second-order valence-electron chi connectivity index (χ2n) is 5.17. The van der Waals surface area contributed by atoms with Gasteiger partial charge >= 0.3 is 0 Å². The molecule has 1 atom stereocenters. The summed E-state index contributed by atoms with van der Waals surface area (Å²) in [5.74, 6) is -0.348. The summed E-state index contributed by atoms with van der Waals surface area (Å²) in [5, 5.41) is 0. The number of hydrogen-bond donors (Lipinski definition) is 0. The molecule has 98 valence electrons. The van der Waals surface area contributed by atoms with Crippen LogP contribution in [0.5, 0.6) is 0 Å². The van der Waals surface area contributed by atoms with Crippen molar-refractivity contribution in [1.82, 2.24) is 4.90 Å². The molecule has 1 fully saturated rings. The van der Waals surface area contributed by atoms with E-state index in [2.05, 4.69) is 0 Å². The third kappa shape index (κ3) is 1.97. The number of nitrogens with zero attached hydrogens (tertiary/aromatic N) is 1. The van der Waals surface area contributed by atoms with Crippen LogP contribution in [0.2, 0.25) is 0 Å². The highest BCUT2D eigenvalue weighted by Gasteiger charge is 2.40. The Kier molecular flexibility index (Phi) is 2.93. The van der Waals surface area contributed by atoms with Crippen LogP contribution >= 0.6 is 0 Å². The molecule has 2 aliphatic rings. The molecule has 1 aliphatic carbocycles. The normalized spacial score (nSPS) is 23.5. The van der Waals surface area contributed by atoms with Gasteiger partial charge < -0.3 is 0 Å². The van der Waals surface area contributed by atoms with Crippen molar-refractivity contribution in [1.29, 1.82) is 0 Å². The average Bonchev–Trinajstić information content (AvgIpc) is 2.56. The molecule has 0 saturated heterocycles. The van der Waals surface area contributed by atoms with Gasteiger partial charge in [-0.3, -0.25) is 19.3 Å². The zero-order valence-electron chi connectivity index (χ0n) is 10.6. The Morgan fingerprint density at radius 1 is 0.947 bits per heavy atom. The molecular formula is C15H15NO3. The summed E-state index contributed by atoms with van der Waals surface area (Å²) in [4.78, 5) is 37.6. The van der Waals surface area contributed by atoms with Crippen molar-refractivity contribution in [3.05, 3.63) is 35.4 Å². The molecule has 0 N–H and O–H groups in total. The number of hydrogen-bond acceptors (Lipinski definition) is 3. The molecule has 3 rings (SSSR count). The molecule has 0 bridgehead atoms. The van der Waals surface area contributed by atoms with E-state index < -0.39 is 0 Å². The molecule has 1 aromatic carbocycles. The predicted molar refractivity (Wildman–Crippen MR) is 68.8 cm³/mol. The molecular weight excluding hydrogens is 242 g/mol. The molecule has 4 nitrogen and oxygen atoms in total. The van der Waals surface area contributed by atoms with Gasteiger partial charge in [-0.15, -0.1) is 0 Å². The van der Waals surface area contributed by atoms with Crippen LogP contribution in [-0.4, -0.2) is 28.5 Å². The monoisotopic (exact) mass is 257 g/mol. The summed E-state index contributed by atoms with van der Waals surface area (Å²) in [5.41, 5.74) is 0.924. The molecule has 0 spiro atoms. The first kappa shape index (κ1) is 12.1. The fraction of sp³-hybridized carbons (Fsp3) is 0.400. The molecule has 1 heterocycles. The van der Waals surface area contributed by atoms with Gasteiger partial charge in [0.1, 0.15) is 5.78 Å². The third-order valence-electron chi connectivity index (χ3n) is 3.90. The van der Waals surface area contributed by atoms with Crippen molar-refractivity contribution in [2.24, 2.45) is 0 Å². The maximum atomic E-state index is 12.3. The van der Waals surface area contributed by atoms with E-state index in [0.717, 1.165) is 19.3 Å². The zero-order valence-corrected chi connectivity index (χ0v) is 10.6. The smallest absolute Gasteiger partial charge is 0.261 e. The van der Waals surface area contributed by atoms with Crippen molar-refractivity contribution in [3.8, 4) is 0 Å². The van der Waals surface area contributed by atoms with Crippen LogP contribution in [0.1, 0.15) is 52.8 Å². The van der Waals surface area contributed by atoms with Crippen LogP contribution < -0.4 is 0 Å². The molecule has 19 heavy (non-hydrogen) atoms. The van der Waals surface area contributed by atoms with Gasteiger partial charge in [0.25, 0.3) is 11.8 Å². The topological polar surface area (TPSA) is 54.5 Å². The SMILES string of the molecule is O=C1CCCC[C@@H](N2C(=O)c3ccccc3C2=O)C1. The van der Waals surface area contributed by atoms with E-state index in [1.807, 2.05) is 0 Å². The van der Waals surface area contributed by atoms with Crippen molar-refractivity contribution < 1.29 is 14.4 Å². The third-order valence-corrected chi connectivity index (χ3v) is 3.90. The number of rotatable bonds is 1. The number of carbonyl (C=O) groups excluding carboxylic acids is 3. The molecule has 1 aromatic rings. The Balaban J connectivity index is 1.93. The van der Waals surface area contributed by atoms with Gasteiger partial charge in [-0.2, -0.15) is 0 Å². The van der Waals surface area contributed by atoms with Crippen LogP contribution in [0.4, 0.5) is 0 Å². The first-order valence-corrected chi connectivity index (χ1v) is 6.67. The fourth-order valence-corrected chi connectivity index (χ4v) is 2.93. The zero-order chi connectivity index (χ0) is 13.4. The van der Waals surface area contributed by atoms with Crippen LogP contribution in [0, 0.1) is 0 Å². The van der Waals surface area contributed by atoms with E-state index >= 15 is 0 Å². The molecule has 1 aliphatic heterocycles. The summed E-state index contributed by atoms with van der Waals surface area (Å²) in [7, 11) is 0. The summed E-state index contributed by atoms with van der Waals surface area (Å²) in [6.45, 7) is 0. The van der Waals surface area contributed by atoms with Crippen molar-refractivity contribution in [3.63, 3.8) is 0 Å². The van der Waals surface area contributed by atoms with E-state index in [4.69, 9.17) is 0 Å². The number of Topliss-reactive ketones (excluding diaryl/α,β-unsaturated/α-hetero) is 1. The lowest BCUT2D eigenvalue weighted by Gasteiger charge is -2.24. The van der Waals surface area contributed by atoms with Crippen molar-refractivity contribution >= 4 is 17.6 Å². The number of benzene rings is 1. The average molecular weight is 257 g/mol. The van der Waals surface area contributed by atoms with E-state index in [-0.39, 0.29) is 23.6 Å². The molecule has 0 aromatic heterocycles. The van der Waals surface area contributed by atoms with Crippen LogP contribution in [0.3, 0.4) is 0 Å². The summed E-state index contributed by atoms with van der Waals surface area (Å²) in [6, 6.07) is 6.60.